The number of rotatable bonds is 7. The van der Waals surface area contributed by atoms with E-state index in [4.69, 9.17) is 18.9 Å². The minimum Gasteiger partial charge on any atom is -0.454 e. The number of ketones is 1. The molecule has 1 saturated heterocycles. The third-order valence-corrected chi connectivity index (χ3v) is 4.87. The van der Waals surface area contributed by atoms with Crippen molar-refractivity contribution in [3.8, 4) is 11.5 Å². The smallest absolute Gasteiger partial charge is 0.413 e. The van der Waals surface area contributed by atoms with E-state index in [0.29, 0.717) is 17.1 Å². The Kier molecular flexibility index (Phi) is 6.89. The van der Waals surface area contributed by atoms with Crippen LogP contribution in [0.1, 0.15) is 17.3 Å². The van der Waals surface area contributed by atoms with Gasteiger partial charge in [0.05, 0.1) is 12.6 Å². The number of Topliss-reactive ketones (excluding diaryl/α,β-unsaturated/α-hetero) is 1. The number of ether oxygens (including phenoxy) is 4. The Balaban J connectivity index is 1.43. The molecule has 1 aromatic rings. The molecule has 0 saturated carbocycles. The Labute approximate surface area is 168 Å². The predicted octanol–water partition coefficient (Wildman–Crippen LogP) is 0.461. The van der Waals surface area contributed by atoms with Crippen molar-refractivity contribution in [1.29, 1.82) is 0 Å². The lowest BCUT2D eigenvalue weighted by molar-refractivity contribution is -0.153. The molecule has 2 aliphatic rings. The van der Waals surface area contributed by atoms with E-state index >= 15 is 0 Å². The third-order valence-electron chi connectivity index (χ3n) is 4.87. The largest absolute Gasteiger partial charge is 0.454 e. The van der Waals surface area contributed by atoms with Crippen LogP contribution in [0.5, 0.6) is 11.5 Å². The van der Waals surface area contributed by atoms with Gasteiger partial charge < -0.3 is 29.2 Å². The van der Waals surface area contributed by atoms with Crippen LogP contribution in [0, 0.1) is 0 Å². The molecular formula is C19H25N3O7. The minimum absolute atomic E-state index is 0.113. The van der Waals surface area contributed by atoms with Crippen LogP contribution in [0.25, 0.3) is 0 Å². The Morgan fingerprint density at radius 1 is 1.17 bits per heavy atom. The van der Waals surface area contributed by atoms with Gasteiger partial charge in [-0.2, -0.15) is 0 Å². The van der Waals surface area contributed by atoms with Crippen molar-refractivity contribution in [2.24, 2.45) is 0 Å². The topological polar surface area (TPSA) is 107 Å². The molecule has 0 spiro atoms. The van der Waals surface area contributed by atoms with Crippen molar-refractivity contribution in [2.75, 3.05) is 53.4 Å². The first-order valence-corrected chi connectivity index (χ1v) is 9.38. The highest BCUT2D eigenvalue weighted by Gasteiger charge is 2.26. The molecule has 2 heterocycles. The van der Waals surface area contributed by atoms with Crippen LogP contribution in [-0.2, 0) is 14.3 Å². The van der Waals surface area contributed by atoms with Gasteiger partial charge in [0.25, 0.3) is 0 Å². The summed E-state index contributed by atoms with van der Waals surface area (Å²) in [5.41, 5.74) is 0.392. The zero-order chi connectivity index (χ0) is 20.8. The number of nitrogens with one attached hydrogen (secondary N) is 1. The Bertz CT molecular complexity index is 764. The number of esters is 1. The fraction of sp³-hybridized carbons (Fsp3) is 0.526. The number of hydrogen-bond acceptors (Lipinski definition) is 9. The molecule has 158 valence electrons. The van der Waals surface area contributed by atoms with Crippen molar-refractivity contribution in [1.82, 2.24) is 15.1 Å². The zero-order valence-corrected chi connectivity index (χ0v) is 16.5. The lowest BCUT2D eigenvalue weighted by atomic mass is 10.0. The van der Waals surface area contributed by atoms with E-state index < -0.39 is 24.9 Å². The Morgan fingerprint density at radius 3 is 2.66 bits per heavy atom. The van der Waals surface area contributed by atoms with E-state index in [9.17, 15) is 14.4 Å². The van der Waals surface area contributed by atoms with E-state index in [1.54, 1.807) is 25.1 Å². The second-order valence-electron chi connectivity index (χ2n) is 6.79. The molecule has 1 fully saturated rings. The first kappa shape index (κ1) is 20.9. The summed E-state index contributed by atoms with van der Waals surface area (Å²) < 4.78 is 20.4. The second-order valence-corrected chi connectivity index (χ2v) is 6.79. The molecule has 1 aromatic carbocycles. The number of carbonyl (C=O) groups excluding carboxylic acids is 3. The van der Waals surface area contributed by atoms with Gasteiger partial charge in [0.1, 0.15) is 0 Å². The number of likely N-dealkylation sites (N-methyl/N-ethyl adjacent to an activating group) is 1. The molecule has 0 aromatic heterocycles. The summed E-state index contributed by atoms with van der Waals surface area (Å²) >= 11 is 0. The number of carbonyl (C=O) groups is 3. The third kappa shape index (κ3) is 5.36. The minimum atomic E-state index is -0.778. The summed E-state index contributed by atoms with van der Waals surface area (Å²) in [5.74, 6) is 0.319. The Morgan fingerprint density at radius 2 is 1.90 bits per heavy atom. The molecule has 1 amide bonds. The summed E-state index contributed by atoms with van der Waals surface area (Å²) in [4.78, 5) is 39.8. The highest BCUT2D eigenvalue weighted by Crippen LogP contribution is 2.32. The van der Waals surface area contributed by atoms with Crippen LogP contribution in [0.2, 0.25) is 0 Å². The Hall–Kier alpha value is -2.85. The molecule has 1 N–H and O–H groups in total. The summed E-state index contributed by atoms with van der Waals surface area (Å²) in [6.45, 7) is 4.51. The number of piperazine rings is 1. The molecule has 10 heteroatoms. The van der Waals surface area contributed by atoms with Crippen LogP contribution in [0.15, 0.2) is 18.2 Å². The fourth-order valence-electron chi connectivity index (χ4n) is 2.97. The lowest BCUT2D eigenvalue weighted by Gasteiger charge is -2.26. The maximum atomic E-state index is 12.7. The van der Waals surface area contributed by atoms with Gasteiger partial charge in [-0.3, -0.25) is 14.5 Å². The van der Waals surface area contributed by atoms with Gasteiger partial charge in [0.15, 0.2) is 17.3 Å². The summed E-state index contributed by atoms with van der Waals surface area (Å²) in [5, 5.41) is 3.19. The quantitative estimate of drug-likeness (QED) is 0.392. The van der Waals surface area contributed by atoms with Gasteiger partial charge in [-0.25, -0.2) is 4.79 Å². The first-order valence-electron chi connectivity index (χ1n) is 9.38. The van der Waals surface area contributed by atoms with Gasteiger partial charge in [-0.1, -0.05) is 0 Å². The van der Waals surface area contributed by atoms with Crippen molar-refractivity contribution >= 4 is 17.8 Å². The van der Waals surface area contributed by atoms with Gasteiger partial charge in [0, 0.05) is 38.8 Å². The lowest BCUT2D eigenvalue weighted by Crippen LogP contribution is -2.46. The second kappa shape index (κ2) is 9.57. The standard InChI is InChI=1S/C19H25N3O7/c1-13(18(24)14-3-4-15-16(9-14)27-11-26-15)21(2)19(25)29-12-28-17(23)10-22-7-5-20-6-8-22/h3-4,9,13,20H,5-8,10-12H2,1-2H3. The van der Waals surface area contributed by atoms with Crippen molar-refractivity contribution < 1.29 is 33.3 Å². The molecule has 10 nitrogen and oxygen atoms in total. The summed E-state index contributed by atoms with van der Waals surface area (Å²) in [7, 11) is 1.44. The van der Waals surface area contributed by atoms with E-state index in [-0.39, 0.29) is 19.1 Å². The van der Waals surface area contributed by atoms with Crippen LogP contribution in [-0.4, -0.2) is 87.0 Å². The number of hydrogen-bond donors (Lipinski definition) is 1. The average molecular weight is 407 g/mol. The maximum absolute atomic E-state index is 12.7. The van der Waals surface area contributed by atoms with Crippen molar-refractivity contribution in [2.45, 2.75) is 13.0 Å². The molecule has 0 aliphatic carbocycles. The summed E-state index contributed by atoms with van der Waals surface area (Å²) in [6.07, 6.45) is -0.762. The SMILES string of the molecule is CC(C(=O)c1ccc2c(c1)OCO2)N(C)C(=O)OCOC(=O)CN1CCNCC1. The number of nitrogens with zero attached hydrogens (tertiary/aromatic N) is 2. The molecular weight excluding hydrogens is 382 g/mol. The monoisotopic (exact) mass is 407 g/mol. The van der Waals surface area contributed by atoms with Gasteiger partial charge in [-0.05, 0) is 25.1 Å². The first-order chi connectivity index (χ1) is 14.0. The number of amides is 1. The number of fused-ring (bicyclic) bond motifs is 1. The molecule has 29 heavy (non-hydrogen) atoms. The fourth-order valence-corrected chi connectivity index (χ4v) is 2.97. The van der Waals surface area contributed by atoms with Crippen molar-refractivity contribution in [3.63, 3.8) is 0 Å². The molecule has 0 radical (unpaired) electrons. The average Bonchev–Trinajstić information content (AvgIpc) is 3.20. The highest BCUT2D eigenvalue weighted by molar-refractivity contribution is 6.01. The van der Waals surface area contributed by atoms with Gasteiger partial charge in [0.2, 0.25) is 13.6 Å². The van der Waals surface area contributed by atoms with Crippen molar-refractivity contribution in [3.05, 3.63) is 23.8 Å². The van der Waals surface area contributed by atoms with Gasteiger partial charge in [-0.15, -0.1) is 0 Å². The summed E-state index contributed by atoms with van der Waals surface area (Å²) in [6, 6.07) is 4.07. The van der Waals surface area contributed by atoms with E-state index in [1.807, 2.05) is 4.90 Å². The van der Waals surface area contributed by atoms with E-state index in [2.05, 4.69) is 5.32 Å². The maximum Gasteiger partial charge on any atom is 0.413 e. The predicted molar refractivity (Wildman–Crippen MR) is 101 cm³/mol. The molecule has 2 aliphatic heterocycles. The van der Waals surface area contributed by atoms with Crippen LogP contribution < -0.4 is 14.8 Å². The van der Waals surface area contributed by atoms with Crippen LogP contribution in [0.3, 0.4) is 0 Å². The molecule has 3 rings (SSSR count). The zero-order valence-electron chi connectivity index (χ0n) is 16.5. The molecule has 0 bridgehead atoms. The molecule has 1 unspecified atom stereocenters. The normalized spacial score (nSPS) is 16.8. The molecule has 1 atom stereocenters. The number of benzene rings is 1. The highest BCUT2D eigenvalue weighted by atomic mass is 16.7. The van der Waals surface area contributed by atoms with E-state index in [0.717, 1.165) is 31.1 Å². The van der Waals surface area contributed by atoms with Crippen LogP contribution in [0.4, 0.5) is 4.79 Å². The van der Waals surface area contributed by atoms with Crippen LogP contribution >= 0.6 is 0 Å². The van der Waals surface area contributed by atoms with Gasteiger partial charge >= 0.3 is 12.1 Å². The van der Waals surface area contributed by atoms with E-state index in [1.165, 1.54) is 7.05 Å².